The molecule has 27 heavy (non-hydrogen) atoms. The second kappa shape index (κ2) is 8.82. The van der Waals surface area contributed by atoms with Gasteiger partial charge in [0.15, 0.2) is 0 Å². The van der Waals surface area contributed by atoms with Gasteiger partial charge in [-0.3, -0.25) is 9.36 Å². The molecule has 0 N–H and O–H groups in total. The molecular formula is C22H26N2O3. The number of fused-ring (bicyclic) bond motifs is 1. The smallest absolute Gasteiger partial charge is 0.261 e. The fourth-order valence-corrected chi connectivity index (χ4v) is 3.13. The molecule has 3 rings (SSSR count). The van der Waals surface area contributed by atoms with E-state index in [-0.39, 0.29) is 5.56 Å². The first-order chi connectivity index (χ1) is 13.1. The highest BCUT2D eigenvalue weighted by atomic mass is 16.5. The summed E-state index contributed by atoms with van der Waals surface area (Å²) in [6.45, 7) is 8.34. The lowest BCUT2D eigenvalue weighted by atomic mass is 9.98. The Hall–Kier alpha value is -2.66. The standard InChI is InChI=1S/C22H26N2O3/c1-16(2)19-9-8-18(14-17(19)3)27-13-12-26-11-10-24-15-23-21-7-5-4-6-20(21)22(24)25/h4-9,14-16H,10-13H2,1-3H3. The van der Waals surface area contributed by atoms with E-state index in [0.29, 0.717) is 43.2 Å². The van der Waals surface area contributed by atoms with Gasteiger partial charge in [-0.05, 0) is 48.2 Å². The van der Waals surface area contributed by atoms with Crippen LogP contribution in [0.3, 0.4) is 0 Å². The Bertz CT molecular complexity index is 963. The summed E-state index contributed by atoms with van der Waals surface area (Å²) in [5.74, 6) is 1.37. The van der Waals surface area contributed by atoms with Crippen LogP contribution in [0.5, 0.6) is 5.75 Å². The highest BCUT2D eigenvalue weighted by Crippen LogP contribution is 2.23. The van der Waals surface area contributed by atoms with E-state index in [1.807, 2.05) is 24.3 Å². The fraction of sp³-hybridized carbons (Fsp3) is 0.364. The molecule has 0 aliphatic heterocycles. The van der Waals surface area contributed by atoms with Crippen LogP contribution >= 0.6 is 0 Å². The Labute approximate surface area is 159 Å². The molecule has 5 nitrogen and oxygen atoms in total. The minimum absolute atomic E-state index is 0.0406. The molecule has 1 heterocycles. The van der Waals surface area contributed by atoms with Gasteiger partial charge in [-0.25, -0.2) is 4.98 Å². The molecule has 0 atom stereocenters. The summed E-state index contributed by atoms with van der Waals surface area (Å²) in [6, 6.07) is 13.5. The molecule has 1 aromatic heterocycles. The van der Waals surface area contributed by atoms with E-state index in [0.717, 1.165) is 5.75 Å². The average molecular weight is 366 g/mol. The lowest BCUT2D eigenvalue weighted by molar-refractivity contribution is 0.0938. The molecule has 0 fully saturated rings. The van der Waals surface area contributed by atoms with E-state index in [1.165, 1.54) is 11.1 Å². The Morgan fingerprint density at radius 2 is 1.89 bits per heavy atom. The van der Waals surface area contributed by atoms with Crippen LogP contribution < -0.4 is 10.3 Å². The summed E-state index contributed by atoms with van der Waals surface area (Å²) < 4.78 is 12.9. The predicted octanol–water partition coefficient (Wildman–Crippen LogP) is 3.92. The molecule has 0 radical (unpaired) electrons. The molecule has 5 heteroatoms. The SMILES string of the molecule is Cc1cc(OCCOCCn2cnc3ccccc3c2=O)ccc1C(C)C. The van der Waals surface area contributed by atoms with Gasteiger partial charge in [0.05, 0.1) is 37.0 Å². The quantitative estimate of drug-likeness (QED) is 0.567. The van der Waals surface area contributed by atoms with Gasteiger partial charge in [0.25, 0.3) is 5.56 Å². The average Bonchev–Trinajstić information content (AvgIpc) is 2.66. The largest absolute Gasteiger partial charge is 0.491 e. The number of ether oxygens (including phenoxy) is 2. The van der Waals surface area contributed by atoms with Crippen LogP contribution in [0, 0.1) is 6.92 Å². The lowest BCUT2D eigenvalue weighted by Crippen LogP contribution is -2.23. The Morgan fingerprint density at radius 1 is 1.07 bits per heavy atom. The molecule has 3 aromatic rings. The zero-order chi connectivity index (χ0) is 19.2. The van der Waals surface area contributed by atoms with Crippen molar-refractivity contribution in [2.24, 2.45) is 0 Å². The summed E-state index contributed by atoms with van der Waals surface area (Å²) in [5, 5.41) is 0.628. The van der Waals surface area contributed by atoms with Crippen molar-refractivity contribution in [3.8, 4) is 5.75 Å². The topological polar surface area (TPSA) is 53.4 Å². The van der Waals surface area contributed by atoms with Gasteiger partial charge in [0.2, 0.25) is 0 Å². The number of aryl methyl sites for hydroxylation is 1. The van der Waals surface area contributed by atoms with Crippen molar-refractivity contribution in [2.45, 2.75) is 33.2 Å². The zero-order valence-corrected chi connectivity index (χ0v) is 16.1. The van der Waals surface area contributed by atoms with Crippen LogP contribution in [0.1, 0.15) is 30.9 Å². The third kappa shape index (κ3) is 4.74. The molecule has 142 valence electrons. The molecule has 2 aromatic carbocycles. The van der Waals surface area contributed by atoms with E-state index in [1.54, 1.807) is 17.0 Å². The number of aromatic nitrogens is 2. The maximum atomic E-state index is 12.4. The van der Waals surface area contributed by atoms with Crippen LogP contribution in [-0.2, 0) is 11.3 Å². The highest BCUT2D eigenvalue weighted by Gasteiger charge is 2.05. The first-order valence-electron chi connectivity index (χ1n) is 9.31. The Balaban J connectivity index is 1.44. The minimum atomic E-state index is -0.0406. The van der Waals surface area contributed by atoms with Gasteiger partial charge in [0, 0.05) is 0 Å². The second-order valence-electron chi connectivity index (χ2n) is 6.89. The van der Waals surface area contributed by atoms with E-state index in [9.17, 15) is 4.79 Å². The van der Waals surface area contributed by atoms with Gasteiger partial charge in [0.1, 0.15) is 12.4 Å². The maximum Gasteiger partial charge on any atom is 0.261 e. The summed E-state index contributed by atoms with van der Waals surface area (Å²) in [4.78, 5) is 16.7. The third-order valence-electron chi connectivity index (χ3n) is 4.57. The summed E-state index contributed by atoms with van der Waals surface area (Å²) >= 11 is 0. The van der Waals surface area contributed by atoms with E-state index in [2.05, 4.69) is 37.9 Å². The van der Waals surface area contributed by atoms with Crippen LogP contribution in [0.4, 0.5) is 0 Å². The predicted molar refractivity (Wildman–Crippen MR) is 108 cm³/mol. The number of para-hydroxylation sites is 1. The molecule has 0 unspecified atom stereocenters. The zero-order valence-electron chi connectivity index (χ0n) is 16.1. The van der Waals surface area contributed by atoms with Gasteiger partial charge < -0.3 is 9.47 Å². The molecule has 0 aliphatic carbocycles. The summed E-state index contributed by atoms with van der Waals surface area (Å²) in [6.07, 6.45) is 1.57. The van der Waals surface area contributed by atoms with Gasteiger partial charge in [-0.1, -0.05) is 32.0 Å². The van der Waals surface area contributed by atoms with E-state index in [4.69, 9.17) is 9.47 Å². The highest BCUT2D eigenvalue weighted by molar-refractivity contribution is 5.76. The van der Waals surface area contributed by atoms with Crippen molar-refractivity contribution in [1.29, 1.82) is 0 Å². The maximum absolute atomic E-state index is 12.4. The monoisotopic (exact) mass is 366 g/mol. The van der Waals surface area contributed by atoms with Gasteiger partial charge >= 0.3 is 0 Å². The number of nitrogens with zero attached hydrogens (tertiary/aromatic N) is 2. The molecule has 0 aliphatic rings. The molecule has 0 bridgehead atoms. The van der Waals surface area contributed by atoms with Crippen molar-refractivity contribution in [3.63, 3.8) is 0 Å². The third-order valence-corrected chi connectivity index (χ3v) is 4.57. The first-order valence-corrected chi connectivity index (χ1v) is 9.31. The molecular weight excluding hydrogens is 340 g/mol. The van der Waals surface area contributed by atoms with E-state index < -0.39 is 0 Å². The number of benzene rings is 2. The Kier molecular flexibility index (Phi) is 6.24. The normalized spacial score (nSPS) is 11.3. The molecule has 0 spiro atoms. The van der Waals surface area contributed by atoms with Crippen LogP contribution in [0.25, 0.3) is 10.9 Å². The van der Waals surface area contributed by atoms with Crippen molar-refractivity contribution < 1.29 is 9.47 Å². The number of rotatable bonds is 8. The lowest BCUT2D eigenvalue weighted by Gasteiger charge is -2.12. The first kappa shape index (κ1) is 19.1. The van der Waals surface area contributed by atoms with E-state index >= 15 is 0 Å². The Morgan fingerprint density at radius 3 is 2.67 bits per heavy atom. The number of hydrogen-bond acceptors (Lipinski definition) is 4. The summed E-state index contributed by atoms with van der Waals surface area (Å²) in [5.41, 5.74) is 3.26. The molecule has 0 saturated heterocycles. The number of hydrogen-bond donors (Lipinski definition) is 0. The summed E-state index contributed by atoms with van der Waals surface area (Å²) in [7, 11) is 0. The van der Waals surface area contributed by atoms with Gasteiger partial charge in [-0.15, -0.1) is 0 Å². The van der Waals surface area contributed by atoms with Crippen molar-refractivity contribution >= 4 is 10.9 Å². The van der Waals surface area contributed by atoms with Crippen LogP contribution in [-0.4, -0.2) is 29.4 Å². The van der Waals surface area contributed by atoms with Gasteiger partial charge in [-0.2, -0.15) is 0 Å². The van der Waals surface area contributed by atoms with Crippen LogP contribution in [0.2, 0.25) is 0 Å². The molecule has 0 saturated carbocycles. The van der Waals surface area contributed by atoms with Crippen molar-refractivity contribution in [3.05, 3.63) is 70.3 Å². The van der Waals surface area contributed by atoms with Crippen molar-refractivity contribution in [1.82, 2.24) is 9.55 Å². The van der Waals surface area contributed by atoms with Crippen molar-refractivity contribution in [2.75, 3.05) is 19.8 Å². The fourth-order valence-electron chi connectivity index (χ4n) is 3.13. The van der Waals surface area contributed by atoms with Crippen LogP contribution in [0.15, 0.2) is 53.6 Å². The second-order valence-corrected chi connectivity index (χ2v) is 6.89. The molecule has 0 amide bonds. The minimum Gasteiger partial charge on any atom is -0.491 e.